The average molecular weight is 216 g/mol. The molecule has 0 atom stereocenters. The number of carbonyl (C=O) groups excluding carboxylic acids is 1. The average Bonchev–Trinajstić information content (AvgIpc) is 2.35. The number of ether oxygens (including phenoxy) is 1. The maximum atomic E-state index is 11.6. The lowest BCUT2D eigenvalue weighted by atomic mass is 9.90. The van der Waals surface area contributed by atoms with Gasteiger partial charge in [0.25, 0.3) is 0 Å². The molecule has 1 aliphatic rings. The predicted octanol–water partition coefficient (Wildman–Crippen LogP) is 2.91. The molecule has 0 bridgehead atoms. The van der Waals surface area contributed by atoms with E-state index in [0.717, 1.165) is 12.8 Å². The first-order chi connectivity index (χ1) is 7.81. The van der Waals surface area contributed by atoms with E-state index < -0.39 is 0 Å². The van der Waals surface area contributed by atoms with Crippen LogP contribution in [0.25, 0.3) is 0 Å². The monoisotopic (exact) mass is 216 g/mol. The summed E-state index contributed by atoms with van der Waals surface area (Å²) in [7, 11) is 0. The van der Waals surface area contributed by atoms with E-state index in [0.29, 0.717) is 5.56 Å². The van der Waals surface area contributed by atoms with Gasteiger partial charge in [0.2, 0.25) is 0 Å². The molecule has 1 aliphatic carbocycles. The van der Waals surface area contributed by atoms with Gasteiger partial charge in [0, 0.05) is 0 Å². The Morgan fingerprint density at radius 2 is 2.06 bits per heavy atom. The van der Waals surface area contributed by atoms with E-state index in [9.17, 15) is 4.79 Å². The lowest BCUT2D eigenvalue weighted by Gasteiger charge is -2.16. The fourth-order valence-electron chi connectivity index (χ4n) is 2.08. The van der Waals surface area contributed by atoms with Crippen molar-refractivity contribution in [1.82, 2.24) is 0 Å². The maximum absolute atomic E-state index is 11.6. The molecular formula is C14H16O2. The second kappa shape index (κ2) is 4.97. The molecule has 0 amide bonds. The summed E-state index contributed by atoms with van der Waals surface area (Å²) in [5.74, 6) is -0.256. The predicted molar refractivity (Wildman–Crippen MR) is 63.6 cm³/mol. The highest BCUT2D eigenvalue weighted by molar-refractivity contribution is 5.89. The second-order valence-electron chi connectivity index (χ2n) is 4.08. The molecule has 16 heavy (non-hydrogen) atoms. The molecule has 84 valence electrons. The molecule has 1 aromatic rings. The van der Waals surface area contributed by atoms with Gasteiger partial charge < -0.3 is 4.74 Å². The van der Waals surface area contributed by atoms with Crippen LogP contribution in [0.2, 0.25) is 0 Å². The van der Waals surface area contributed by atoms with E-state index in [-0.39, 0.29) is 12.6 Å². The van der Waals surface area contributed by atoms with E-state index in [4.69, 9.17) is 4.74 Å². The molecule has 0 saturated carbocycles. The van der Waals surface area contributed by atoms with E-state index >= 15 is 0 Å². The highest BCUT2D eigenvalue weighted by atomic mass is 16.5. The zero-order valence-corrected chi connectivity index (χ0v) is 9.37. The quantitative estimate of drug-likeness (QED) is 0.573. The van der Waals surface area contributed by atoms with Crippen LogP contribution in [0.5, 0.6) is 0 Å². The van der Waals surface area contributed by atoms with Crippen LogP contribution >= 0.6 is 0 Å². The minimum Gasteiger partial charge on any atom is -0.458 e. The number of hydrogen-bond donors (Lipinski definition) is 0. The Kier molecular flexibility index (Phi) is 3.40. The molecule has 2 rings (SSSR count). The van der Waals surface area contributed by atoms with Crippen molar-refractivity contribution < 1.29 is 9.53 Å². The minimum atomic E-state index is -0.256. The first-order valence-electron chi connectivity index (χ1n) is 5.71. The van der Waals surface area contributed by atoms with E-state index in [1.165, 1.54) is 24.0 Å². The summed E-state index contributed by atoms with van der Waals surface area (Å²) in [4.78, 5) is 11.6. The lowest BCUT2D eigenvalue weighted by Crippen LogP contribution is -2.08. The Labute approximate surface area is 95.9 Å². The van der Waals surface area contributed by atoms with Crippen molar-refractivity contribution in [3.8, 4) is 0 Å². The van der Waals surface area contributed by atoms with Crippen LogP contribution in [0.15, 0.2) is 30.9 Å². The number of rotatable bonds is 3. The van der Waals surface area contributed by atoms with E-state index in [2.05, 4.69) is 12.6 Å². The van der Waals surface area contributed by atoms with Crippen molar-refractivity contribution in [3.05, 3.63) is 47.5 Å². The molecule has 2 nitrogen and oxygen atoms in total. The van der Waals surface area contributed by atoms with Crippen molar-refractivity contribution in [2.24, 2.45) is 0 Å². The largest absolute Gasteiger partial charge is 0.458 e. The van der Waals surface area contributed by atoms with Crippen molar-refractivity contribution in [3.63, 3.8) is 0 Å². The zero-order chi connectivity index (χ0) is 11.4. The van der Waals surface area contributed by atoms with Gasteiger partial charge in [-0.2, -0.15) is 0 Å². The summed E-state index contributed by atoms with van der Waals surface area (Å²) < 4.78 is 5.01. The molecule has 0 aromatic heterocycles. The molecule has 0 saturated heterocycles. The van der Waals surface area contributed by atoms with Crippen molar-refractivity contribution in [1.29, 1.82) is 0 Å². The smallest absolute Gasteiger partial charge is 0.338 e. The fraction of sp³-hybridized carbons (Fsp3) is 0.357. The normalized spacial score (nSPS) is 14.0. The third-order valence-electron chi connectivity index (χ3n) is 2.92. The first-order valence-corrected chi connectivity index (χ1v) is 5.71. The zero-order valence-electron chi connectivity index (χ0n) is 9.37. The van der Waals surface area contributed by atoms with Gasteiger partial charge in [0.1, 0.15) is 6.61 Å². The number of esters is 1. The van der Waals surface area contributed by atoms with Crippen LogP contribution in [0, 0.1) is 0 Å². The van der Waals surface area contributed by atoms with Crippen molar-refractivity contribution in [2.45, 2.75) is 25.7 Å². The number of aryl methyl sites for hydroxylation is 2. The van der Waals surface area contributed by atoms with Crippen molar-refractivity contribution in [2.75, 3.05) is 6.61 Å². The molecule has 2 heteroatoms. The molecule has 0 heterocycles. The van der Waals surface area contributed by atoms with Crippen LogP contribution in [0.4, 0.5) is 0 Å². The van der Waals surface area contributed by atoms with Gasteiger partial charge in [-0.1, -0.05) is 18.7 Å². The van der Waals surface area contributed by atoms with Gasteiger partial charge in [0.15, 0.2) is 0 Å². The summed E-state index contributed by atoms with van der Waals surface area (Å²) in [5.41, 5.74) is 3.34. The fourth-order valence-corrected chi connectivity index (χ4v) is 2.08. The molecule has 0 spiro atoms. The van der Waals surface area contributed by atoms with Gasteiger partial charge in [-0.3, -0.25) is 0 Å². The molecular weight excluding hydrogens is 200 g/mol. The molecule has 1 aromatic carbocycles. The lowest BCUT2D eigenvalue weighted by molar-refractivity contribution is 0.0549. The van der Waals surface area contributed by atoms with Gasteiger partial charge >= 0.3 is 5.97 Å². The second-order valence-corrected chi connectivity index (χ2v) is 4.08. The van der Waals surface area contributed by atoms with Gasteiger partial charge in [0.05, 0.1) is 5.56 Å². The summed E-state index contributed by atoms with van der Waals surface area (Å²) in [6.45, 7) is 3.79. The van der Waals surface area contributed by atoms with Crippen LogP contribution in [0.3, 0.4) is 0 Å². The number of benzene rings is 1. The number of carbonyl (C=O) groups is 1. The summed E-state index contributed by atoms with van der Waals surface area (Å²) in [6.07, 6.45) is 6.27. The van der Waals surface area contributed by atoms with E-state index in [1.807, 2.05) is 12.1 Å². The Balaban J connectivity index is 2.16. The topological polar surface area (TPSA) is 26.3 Å². The van der Waals surface area contributed by atoms with Crippen molar-refractivity contribution >= 4 is 5.97 Å². The third kappa shape index (κ3) is 2.32. The third-order valence-corrected chi connectivity index (χ3v) is 2.92. The minimum absolute atomic E-state index is 0.256. The highest BCUT2D eigenvalue weighted by Crippen LogP contribution is 2.22. The highest BCUT2D eigenvalue weighted by Gasteiger charge is 2.13. The Bertz CT molecular complexity index is 407. The van der Waals surface area contributed by atoms with Crippen LogP contribution in [-0.4, -0.2) is 12.6 Å². The van der Waals surface area contributed by atoms with Gasteiger partial charge in [-0.05, 0) is 48.9 Å². The first kappa shape index (κ1) is 10.9. The summed E-state index contributed by atoms with van der Waals surface area (Å²) >= 11 is 0. The molecule has 0 aliphatic heterocycles. The number of hydrogen-bond acceptors (Lipinski definition) is 2. The molecule has 0 radical (unpaired) electrons. The molecule has 0 N–H and O–H groups in total. The Morgan fingerprint density at radius 1 is 1.31 bits per heavy atom. The SMILES string of the molecule is C=CCOC(=O)c1ccc2c(c1)CCCC2. The van der Waals surface area contributed by atoms with E-state index in [1.54, 1.807) is 6.08 Å². The van der Waals surface area contributed by atoms with Crippen LogP contribution in [-0.2, 0) is 17.6 Å². The summed E-state index contributed by atoms with van der Waals surface area (Å²) in [6, 6.07) is 5.88. The van der Waals surface area contributed by atoms with Gasteiger partial charge in [-0.15, -0.1) is 0 Å². The van der Waals surface area contributed by atoms with Gasteiger partial charge in [-0.25, -0.2) is 4.79 Å². The Hall–Kier alpha value is -1.57. The van der Waals surface area contributed by atoms with Crippen LogP contribution < -0.4 is 0 Å². The summed E-state index contributed by atoms with van der Waals surface area (Å²) in [5, 5.41) is 0. The number of fused-ring (bicyclic) bond motifs is 1. The maximum Gasteiger partial charge on any atom is 0.338 e. The molecule has 0 unspecified atom stereocenters. The Morgan fingerprint density at radius 3 is 2.81 bits per heavy atom. The van der Waals surface area contributed by atoms with Crippen LogP contribution in [0.1, 0.15) is 34.3 Å². The standard InChI is InChI=1S/C14H16O2/c1-2-9-16-14(15)13-8-7-11-5-3-4-6-12(11)10-13/h2,7-8,10H,1,3-6,9H2. The molecule has 0 fully saturated rings.